The van der Waals surface area contributed by atoms with Crippen molar-refractivity contribution in [2.24, 2.45) is 0 Å². The van der Waals surface area contributed by atoms with E-state index in [0.29, 0.717) is 12.1 Å². The predicted octanol–water partition coefficient (Wildman–Crippen LogP) is 4.16. The van der Waals surface area contributed by atoms with Gasteiger partial charge in [0.1, 0.15) is 0 Å². The molecule has 1 amide bonds. The number of carboxylic acid groups (broad SMARTS) is 1. The Kier molecular flexibility index (Phi) is 5.52. The van der Waals surface area contributed by atoms with Gasteiger partial charge in [-0.15, -0.1) is 0 Å². The van der Waals surface area contributed by atoms with Crippen molar-refractivity contribution in [3.63, 3.8) is 0 Å². The molecule has 138 valence electrons. The van der Waals surface area contributed by atoms with Crippen LogP contribution in [-0.2, 0) is 11.2 Å². The van der Waals surface area contributed by atoms with Gasteiger partial charge in [-0.25, -0.2) is 4.79 Å². The number of benzene rings is 3. The van der Waals surface area contributed by atoms with Gasteiger partial charge in [0.2, 0.25) is 5.91 Å². The minimum Gasteiger partial charge on any atom is -0.478 e. The normalized spacial score (nSPS) is 11.9. The third-order valence-corrected chi connectivity index (χ3v) is 4.48. The molecule has 0 bridgehead atoms. The first-order valence-electron chi connectivity index (χ1n) is 8.77. The number of hydrogen-bond acceptors (Lipinski definition) is 3. The van der Waals surface area contributed by atoms with Crippen LogP contribution in [0.5, 0.6) is 0 Å². The summed E-state index contributed by atoms with van der Waals surface area (Å²) in [6.45, 7) is 1.73. The number of rotatable bonds is 6. The molecule has 0 radical (unpaired) electrons. The van der Waals surface area contributed by atoms with E-state index in [2.05, 4.69) is 5.32 Å². The molecule has 0 aliphatic heterocycles. The van der Waals surface area contributed by atoms with Gasteiger partial charge in [0.25, 0.3) is 0 Å². The summed E-state index contributed by atoms with van der Waals surface area (Å²) in [5, 5.41) is 23.6. The number of carbonyl (C=O) groups is 2. The minimum atomic E-state index is -1.07. The topological polar surface area (TPSA) is 86.6 Å². The third kappa shape index (κ3) is 4.51. The van der Waals surface area contributed by atoms with E-state index in [1.807, 2.05) is 36.4 Å². The molecule has 27 heavy (non-hydrogen) atoms. The number of hydrogen-bond donors (Lipinski definition) is 3. The third-order valence-electron chi connectivity index (χ3n) is 4.48. The lowest BCUT2D eigenvalue weighted by atomic mass is 10.0. The second kappa shape index (κ2) is 8.01. The number of amides is 1. The number of nitrogens with one attached hydrogen (secondary N) is 1. The zero-order valence-electron chi connectivity index (χ0n) is 15.0. The van der Waals surface area contributed by atoms with Crippen molar-refractivity contribution in [1.82, 2.24) is 0 Å². The lowest BCUT2D eigenvalue weighted by Crippen LogP contribution is -2.15. The number of para-hydroxylation sites is 1. The molecular formula is C22H21NO4. The van der Waals surface area contributed by atoms with Gasteiger partial charge in [0.05, 0.1) is 17.4 Å². The molecule has 1 unspecified atom stereocenters. The van der Waals surface area contributed by atoms with E-state index in [0.717, 1.165) is 21.9 Å². The Morgan fingerprint density at radius 3 is 2.44 bits per heavy atom. The number of aryl methyl sites for hydroxylation is 1. The van der Waals surface area contributed by atoms with Crippen LogP contribution in [0.2, 0.25) is 0 Å². The van der Waals surface area contributed by atoms with Crippen molar-refractivity contribution in [2.75, 3.05) is 5.32 Å². The molecule has 5 heteroatoms. The van der Waals surface area contributed by atoms with Gasteiger partial charge in [-0.05, 0) is 53.4 Å². The van der Waals surface area contributed by atoms with Gasteiger partial charge in [0.15, 0.2) is 0 Å². The van der Waals surface area contributed by atoms with E-state index in [-0.39, 0.29) is 17.9 Å². The number of anilines is 1. The van der Waals surface area contributed by atoms with Gasteiger partial charge in [-0.2, -0.15) is 0 Å². The highest BCUT2D eigenvalue weighted by atomic mass is 16.4. The lowest BCUT2D eigenvalue weighted by molar-refractivity contribution is -0.116. The average molecular weight is 363 g/mol. The van der Waals surface area contributed by atoms with E-state index in [9.17, 15) is 19.8 Å². The Balaban J connectivity index is 1.67. The summed E-state index contributed by atoms with van der Waals surface area (Å²) < 4.78 is 0. The average Bonchev–Trinajstić information content (AvgIpc) is 2.66. The maximum absolute atomic E-state index is 12.2. The van der Waals surface area contributed by atoms with Crippen LogP contribution in [0.1, 0.15) is 40.9 Å². The first-order chi connectivity index (χ1) is 12.9. The number of aromatic carboxylic acids is 1. The van der Waals surface area contributed by atoms with Gasteiger partial charge in [0, 0.05) is 6.42 Å². The Labute approximate surface area is 157 Å². The van der Waals surface area contributed by atoms with Crippen molar-refractivity contribution < 1.29 is 19.8 Å². The van der Waals surface area contributed by atoms with E-state index >= 15 is 0 Å². The van der Waals surface area contributed by atoms with Crippen molar-refractivity contribution in [2.45, 2.75) is 25.9 Å². The van der Waals surface area contributed by atoms with Crippen molar-refractivity contribution in [1.29, 1.82) is 0 Å². The summed E-state index contributed by atoms with van der Waals surface area (Å²) >= 11 is 0. The number of aliphatic hydroxyl groups is 1. The van der Waals surface area contributed by atoms with Gasteiger partial charge < -0.3 is 15.5 Å². The van der Waals surface area contributed by atoms with E-state index in [4.69, 9.17) is 0 Å². The van der Waals surface area contributed by atoms with Crippen LogP contribution in [0.3, 0.4) is 0 Å². The molecule has 3 aromatic rings. The highest BCUT2D eigenvalue weighted by molar-refractivity contribution is 6.00. The summed E-state index contributed by atoms with van der Waals surface area (Å²) in [6.07, 6.45) is 0.298. The highest BCUT2D eigenvalue weighted by Crippen LogP contribution is 2.22. The largest absolute Gasteiger partial charge is 0.478 e. The fourth-order valence-corrected chi connectivity index (χ4v) is 2.98. The van der Waals surface area contributed by atoms with Crippen LogP contribution < -0.4 is 5.32 Å². The van der Waals surface area contributed by atoms with Crippen LogP contribution in [0.25, 0.3) is 10.8 Å². The molecule has 0 aliphatic carbocycles. The van der Waals surface area contributed by atoms with E-state index < -0.39 is 12.1 Å². The molecule has 0 aromatic heterocycles. The fraction of sp³-hybridized carbons (Fsp3) is 0.182. The number of carboxylic acids is 1. The zero-order valence-corrected chi connectivity index (χ0v) is 15.0. The summed E-state index contributed by atoms with van der Waals surface area (Å²) in [4.78, 5) is 23.4. The van der Waals surface area contributed by atoms with Gasteiger partial charge in [-0.1, -0.05) is 42.5 Å². The van der Waals surface area contributed by atoms with Crippen LogP contribution in [-0.4, -0.2) is 22.1 Å². The molecule has 0 spiro atoms. The second-order valence-corrected chi connectivity index (χ2v) is 6.52. The smallest absolute Gasteiger partial charge is 0.337 e. The molecule has 5 nitrogen and oxygen atoms in total. The molecule has 3 rings (SSSR count). The lowest BCUT2D eigenvalue weighted by Gasteiger charge is -2.09. The molecule has 0 aliphatic rings. The second-order valence-electron chi connectivity index (χ2n) is 6.52. The van der Waals surface area contributed by atoms with Crippen LogP contribution in [0, 0.1) is 0 Å². The molecular weight excluding hydrogens is 342 g/mol. The quantitative estimate of drug-likeness (QED) is 0.614. The Morgan fingerprint density at radius 2 is 1.70 bits per heavy atom. The fourth-order valence-electron chi connectivity index (χ4n) is 2.98. The van der Waals surface area contributed by atoms with Crippen molar-refractivity contribution in [3.8, 4) is 0 Å². The summed E-state index contributed by atoms with van der Waals surface area (Å²) in [5.41, 5.74) is 2.27. The molecule has 0 heterocycles. The summed E-state index contributed by atoms with van der Waals surface area (Å²) in [6, 6.07) is 18.1. The van der Waals surface area contributed by atoms with E-state index in [1.165, 1.54) is 6.07 Å². The maximum atomic E-state index is 12.2. The van der Waals surface area contributed by atoms with Crippen molar-refractivity contribution in [3.05, 3.63) is 77.4 Å². The van der Waals surface area contributed by atoms with Gasteiger partial charge >= 0.3 is 5.97 Å². The van der Waals surface area contributed by atoms with Crippen LogP contribution in [0.4, 0.5) is 5.69 Å². The first-order valence-corrected chi connectivity index (χ1v) is 8.77. The van der Waals surface area contributed by atoms with E-state index in [1.54, 1.807) is 25.1 Å². The van der Waals surface area contributed by atoms with Crippen molar-refractivity contribution >= 4 is 28.3 Å². The van der Waals surface area contributed by atoms with Crippen LogP contribution in [0.15, 0.2) is 60.7 Å². The zero-order chi connectivity index (χ0) is 19.4. The Hall–Kier alpha value is -3.18. The number of fused-ring (bicyclic) bond motifs is 1. The molecule has 0 fully saturated rings. The predicted molar refractivity (Wildman–Crippen MR) is 105 cm³/mol. The first kappa shape index (κ1) is 18.6. The monoisotopic (exact) mass is 363 g/mol. The summed E-state index contributed by atoms with van der Waals surface area (Å²) in [5.74, 6) is -1.30. The SMILES string of the molecule is CC(O)c1ccc2cc(CCC(=O)Nc3ccccc3C(=O)O)ccc2c1. The Bertz CT molecular complexity index is 995. The standard InChI is InChI=1S/C22H21NO4/c1-14(24)16-9-10-17-12-15(6-8-18(17)13-16)7-11-21(25)23-20-5-3-2-4-19(20)22(26)27/h2-6,8-10,12-14,24H,7,11H2,1H3,(H,23,25)(H,26,27). The molecule has 3 N–H and O–H groups in total. The molecule has 3 aromatic carbocycles. The molecule has 0 saturated carbocycles. The molecule has 0 saturated heterocycles. The number of aliphatic hydroxyl groups excluding tert-OH is 1. The maximum Gasteiger partial charge on any atom is 0.337 e. The van der Waals surface area contributed by atoms with Crippen LogP contribution >= 0.6 is 0 Å². The summed E-state index contributed by atoms with van der Waals surface area (Å²) in [7, 11) is 0. The minimum absolute atomic E-state index is 0.0745. The van der Waals surface area contributed by atoms with Gasteiger partial charge in [-0.3, -0.25) is 4.79 Å². The molecule has 1 atom stereocenters. The Morgan fingerprint density at radius 1 is 1.00 bits per heavy atom. The number of carbonyl (C=O) groups excluding carboxylic acids is 1. The highest BCUT2D eigenvalue weighted by Gasteiger charge is 2.12.